The van der Waals surface area contributed by atoms with E-state index in [1.807, 2.05) is 6.26 Å². The average molecular weight is 329 g/mol. The zero-order valence-corrected chi connectivity index (χ0v) is 12.2. The van der Waals surface area contributed by atoms with E-state index in [-0.39, 0.29) is 12.8 Å². The highest BCUT2D eigenvalue weighted by Crippen LogP contribution is 2.26. The molecule has 108 valence electrons. The lowest BCUT2D eigenvalue weighted by Crippen LogP contribution is -2.34. The van der Waals surface area contributed by atoms with Crippen LogP contribution in [0.15, 0.2) is 0 Å². The van der Waals surface area contributed by atoms with Gasteiger partial charge in [-0.15, -0.1) is 9.40 Å². The van der Waals surface area contributed by atoms with Crippen molar-refractivity contribution in [3.63, 3.8) is 0 Å². The molecule has 0 radical (unpaired) electrons. The van der Waals surface area contributed by atoms with E-state index >= 15 is 0 Å². The van der Waals surface area contributed by atoms with E-state index in [2.05, 4.69) is 9.37 Å². The smallest absolute Gasteiger partial charge is 0.330 e. The van der Waals surface area contributed by atoms with Gasteiger partial charge in [0, 0.05) is 17.8 Å². The molecule has 1 atom stereocenters. The highest BCUT2D eigenvalue weighted by molar-refractivity contribution is 8.76. The molecule has 8 nitrogen and oxygen atoms in total. The number of hydroxylamine groups is 2. The van der Waals surface area contributed by atoms with Gasteiger partial charge in [0.25, 0.3) is 11.8 Å². The van der Waals surface area contributed by atoms with Crippen molar-refractivity contribution in [2.45, 2.75) is 18.1 Å². The number of amides is 2. The summed E-state index contributed by atoms with van der Waals surface area (Å²) in [6.45, 7) is 0. The molecule has 1 N–H and O–H groups in total. The van der Waals surface area contributed by atoms with Crippen molar-refractivity contribution >= 4 is 51.4 Å². The number of nitrogens with zero attached hydrogens (tertiary/aromatic N) is 1. The topological polar surface area (TPSA) is 102 Å². The van der Waals surface area contributed by atoms with Crippen molar-refractivity contribution in [1.82, 2.24) is 5.06 Å². The molecule has 11 heteroatoms. The van der Waals surface area contributed by atoms with E-state index < -0.39 is 23.0 Å². The van der Waals surface area contributed by atoms with Crippen LogP contribution in [0.1, 0.15) is 12.8 Å². The maximum atomic E-state index is 11.7. The van der Waals surface area contributed by atoms with Crippen LogP contribution >= 0.6 is 33.6 Å². The molecule has 0 aliphatic carbocycles. The van der Waals surface area contributed by atoms with Gasteiger partial charge < -0.3 is 4.84 Å². The summed E-state index contributed by atoms with van der Waals surface area (Å²) in [5.41, 5.74) is 0. The first-order valence-electron chi connectivity index (χ1n) is 4.97. The van der Waals surface area contributed by atoms with Gasteiger partial charge in [-0.1, -0.05) is 26.6 Å². The van der Waals surface area contributed by atoms with Gasteiger partial charge in [-0.3, -0.25) is 9.59 Å². The fourth-order valence-electron chi connectivity index (χ4n) is 1.17. The Hall–Kier alpha value is -0.460. The largest absolute Gasteiger partial charge is 0.334 e. The van der Waals surface area contributed by atoms with Gasteiger partial charge in [-0.2, -0.15) is 0 Å². The molecule has 0 aromatic rings. The van der Waals surface area contributed by atoms with E-state index in [4.69, 9.17) is 10.1 Å². The molecule has 1 aliphatic heterocycles. The maximum Gasteiger partial charge on any atom is 0.334 e. The van der Waals surface area contributed by atoms with Gasteiger partial charge >= 0.3 is 5.97 Å². The Labute approximate surface area is 120 Å². The zero-order chi connectivity index (χ0) is 14.3. The first-order chi connectivity index (χ1) is 9.10. The molecule has 0 aromatic carbocycles. The first-order valence-corrected chi connectivity index (χ1v) is 8.50. The zero-order valence-electron chi connectivity index (χ0n) is 9.77. The molecule has 0 spiro atoms. The summed E-state index contributed by atoms with van der Waals surface area (Å²) >= 11 is 0.465. The Morgan fingerprint density at radius 2 is 2.26 bits per heavy atom. The monoisotopic (exact) mass is 329 g/mol. The molecular formula is C8H11NO7S3. The fraction of sp³-hybridized carbons (Fsp3) is 0.625. The van der Waals surface area contributed by atoms with Crippen LogP contribution in [0.5, 0.6) is 0 Å². The average Bonchev–Trinajstić information content (AvgIpc) is 2.64. The van der Waals surface area contributed by atoms with Crippen molar-refractivity contribution in [2.75, 3.05) is 12.0 Å². The molecule has 1 saturated heterocycles. The minimum Gasteiger partial charge on any atom is -0.330 e. The second-order valence-corrected chi connectivity index (χ2v) is 6.74. The summed E-state index contributed by atoms with van der Waals surface area (Å²) in [5, 5.41) is 10.8. The second-order valence-electron chi connectivity index (χ2n) is 3.16. The lowest BCUT2D eigenvalue weighted by atomic mass is 10.4. The van der Waals surface area contributed by atoms with Crippen molar-refractivity contribution < 1.29 is 33.9 Å². The summed E-state index contributed by atoms with van der Waals surface area (Å²) in [6, 6.07) is 0. The molecule has 1 rings (SSSR count). The first kappa shape index (κ1) is 16.6. The van der Waals surface area contributed by atoms with Crippen LogP contribution in [0.3, 0.4) is 0 Å². The van der Waals surface area contributed by atoms with Crippen molar-refractivity contribution in [2.24, 2.45) is 0 Å². The minimum atomic E-state index is -0.909. The van der Waals surface area contributed by atoms with Crippen LogP contribution in [-0.2, 0) is 28.6 Å². The van der Waals surface area contributed by atoms with Crippen LogP contribution in [0.25, 0.3) is 0 Å². The molecule has 2 amide bonds. The van der Waals surface area contributed by atoms with E-state index in [1.54, 1.807) is 0 Å². The van der Waals surface area contributed by atoms with Crippen molar-refractivity contribution in [1.29, 1.82) is 0 Å². The molecule has 0 saturated carbocycles. The summed E-state index contributed by atoms with van der Waals surface area (Å²) in [5.74, 6) is -1.50. The highest BCUT2D eigenvalue weighted by Gasteiger charge is 2.43. The number of carbonyl (C=O) groups is 3. The van der Waals surface area contributed by atoms with Crippen molar-refractivity contribution in [3.8, 4) is 0 Å². The van der Waals surface area contributed by atoms with Crippen molar-refractivity contribution in [3.05, 3.63) is 0 Å². The third-order valence-corrected chi connectivity index (χ3v) is 4.50. The Morgan fingerprint density at radius 1 is 1.53 bits per heavy atom. The summed E-state index contributed by atoms with van der Waals surface area (Å²) in [7, 11) is 2.97. The van der Waals surface area contributed by atoms with Crippen LogP contribution in [0.4, 0.5) is 0 Å². The Bertz CT molecular complexity index is 353. The number of imide groups is 1. The molecule has 19 heavy (non-hydrogen) atoms. The van der Waals surface area contributed by atoms with Crippen LogP contribution in [-0.4, -0.2) is 45.4 Å². The van der Waals surface area contributed by atoms with E-state index in [1.165, 1.54) is 21.6 Å². The third kappa shape index (κ3) is 5.20. The van der Waals surface area contributed by atoms with Gasteiger partial charge in [0.1, 0.15) is 5.25 Å². The number of hydrogen-bond acceptors (Lipinski definition) is 10. The number of rotatable bonds is 8. The van der Waals surface area contributed by atoms with Gasteiger partial charge in [-0.25, -0.2) is 10.1 Å². The summed E-state index contributed by atoms with van der Waals surface area (Å²) in [6.07, 6.45) is 1.77. The van der Waals surface area contributed by atoms with Crippen LogP contribution in [0.2, 0.25) is 0 Å². The Kier molecular flexibility index (Phi) is 7.56. The van der Waals surface area contributed by atoms with Gasteiger partial charge in [0.2, 0.25) is 0 Å². The standard InChI is InChI=1S/C8H11NO7S3/c1-17-18-3-2-7(11)14-9-6(10)4-5(8(9)12)19-16-15-13/h5,13H,2-4H2,1H3. The molecule has 1 aliphatic rings. The predicted molar refractivity (Wildman–Crippen MR) is 69.3 cm³/mol. The van der Waals surface area contributed by atoms with Gasteiger partial charge in [-0.05, 0) is 6.26 Å². The summed E-state index contributed by atoms with van der Waals surface area (Å²) < 4.78 is 4.09. The number of hydrogen-bond donors (Lipinski definition) is 1. The quantitative estimate of drug-likeness (QED) is 0.173. The Balaban J connectivity index is 2.42. The molecular weight excluding hydrogens is 318 g/mol. The van der Waals surface area contributed by atoms with E-state index in [0.29, 0.717) is 22.9 Å². The highest BCUT2D eigenvalue weighted by atomic mass is 33.1. The second kappa shape index (κ2) is 8.66. The molecule has 1 unspecified atom stereocenters. The SMILES string of the molecule is CSSCCC(=O)ON1C(=O)CC(SOOO)C1=O. The van der Waals surface area contributed by atoms with E-state index in [0.717, 1.165) is 0 Å². The molecule has 1 fully saturated rings. The fourth-order valence-corrected chi connectivity index (χ4v) is 2.86. The van der Waals surface area contributed by atoms with Crippen LogP contribution in [0, 0.1) is 0 Å². The third-order valence-electron chi connectivity index (χ3n) is 1.95. The lowest BCUT2D eigenvalue weighted by molar-refractivity contribution is -0.432. The summed E-state index contributed by atoms with van der Waals surface area (Å²) in [4.78, 5) is 39.2. The molecule has 1 heterocycles. The maximum absolute atomic E-state index is 11.7. The van der Waals surface area contributed by atoms with Crippen LogP contribution < -0.4 is 0 Å². The predicted octanol–water partition coefficient (Wildman–Crippen LogP) is 1.04. The normalized spacial score (nSPS) is 19.1. The van der Waals surface area contributed by atoms with Gasteiger partial charge in [0.15, 0.2) is 0 Å². The minimum absolute atomic E-state index is 0.0939. The van der Waals surface area contributed by atoms with Gasteiger partial charge in [0.05, 0.1) is 12.8 Å². The lowest BCUT2D eigenvalue weighted by Gasteiger charge is -2.12. The number of carbonyl (C=O) groups excluding carboxylic acids is 3. The Morgan fingerprint density at radius 3 is 2.89 bits per heavy atom. The molecule has 0 aromatic heterocycles. The molecule has 0 bridgehead atoms. The van der Waals surface area contributed by atoms with E-state index in [9.17, 15) is 14.4 Å².